The third-order valence-corrected chi connectivity index (χ3v) is 2.57. The van der Waals surface area contributed by atoms with Crippen LogP contribution in [0.5, 0.6) is 5.75 Å². The van der Waals surface area contributed by atoms with Gasteiger partial charge in [0.05, 0.1) is 31.3 Å². The van der Waals surface area contributed by atoms with Gasteiger partial charge in [-0.3, -0.25) is 14.9 Å². The molecule has 0 spiro atoms. The summed E-state index contributed by atoms with van der Waals surface area (Å²) in [5.74, 6) is -0.615. The standard InChI is InChI=1S/C12H16N2O6/c1-19-7-8(6-15)13-12(16)11-9(14(17)18)4-3-5-10(11)20-2/h3-5,8,15H,6-7H2,1-2H3,(H,13,16). The van der Waals surface area contributed by atoms with Crippen LogP contribution in [0.3, 0.4) is 0 Å². The van der Waals surface area contributed by atoms with Gasteiger partial charge in [-0.2, -0.15) is 0 Å². The van der Waals surface area contributed by atoms with E-state index in [1.807, 2.05) is 0 Å². The van der Waals surface area contributed by atoms with Gasteiger partial charge < -0.3 is 19.9 Å². The Morgan fingerprint density at radius 1 is 1.50 bits per heavy atom. The van der Waals surface area contributed by atoms with Gasteiger partial charge in [0, 0.05) is 13.2 Å². The van der Waals surface area contributed by atoms with Crippen molar-refractivity contribution < 1.29 is 24.3 Å². The van der Waals surface area contributed by atoms with Crippen LogP contribution in [-0.4, -0.2) is 49.4 Å². The van der Waals surface area contributed by atoms with Crippen molar-refractivity contribution in [1.29, 1.82) is 0 Å². The number of rotatable bonds is 7. The van der Waals surface area contributed by atoms with Crippen molar-refractivity contribution in [2.75, 3.05) is 27.4 Å². The van der Waals surface area contributed by atoms with Crippen molar-refractivity contribution >= 4 is 11.6 Å². The van der Waals surface area contributed by atoms with Crippen LogP contribution in [0.2, 0.25) is 0 Å². The lowest BCUT2D eigenvalue weighted by atomic mass is 10.1. The molecule has 8 nitrogen and oxygen atoms in total. The van der Waals surface area contributed by atoms with Crippen LogP contribution >= 0.6 is 0 Å². The fourth-order valence-electron chi connectivity index (χ4n) is 1.67. The lowest BCUT2D eigenvalue weighted by molar-refractivity contribution is -0.385. The van der Waals surface area contributed by atoms with Crippen LogP contribution < -0.4 is 10.1 Å². The van der Waals surface area contributed by atoms with Gasteiger partial charge in [0.1, 0.15) is 5.75 Å². The minimum Gasteiger partial charge on any atom is -0.496 e. The van der Waals surface area contributed by atoms with Crippen LogP contribution in [0, 0.1) is 10.1 Å². The van der Waals surface area contributed by atoms with Crippen LogP contribution in [0.25, 0.3) is 0 Å². The fraction of sp³-hybridized carbons (Fsp3) is 0.417. The number of ether oxygens (including phenoxy) is 2. The van der Waals surface area contributed by atoms with E-state index in [0.29, 0.717) is 0 Å². The summed E-state index contributed by atoms with van der Waals surface area (Å²) in [7, 11) is 2.73. The summed E-state index contributed by atoms with van der Waals surface area (Å²) in [6, 6.07) is 3.43. The van der Waals surface area contributed by atoms with E-state index in [0.717, 1.165) is 0 Å². The van der Waals surface area contributed by atoms with Gasteiger partial charge in [-0.1, -0.05) is 6.07 Å². The molecule has 1 rings (SSSR count). The number of benzene rings is 1. The summed E-state index contributed by atoms with van der Waals surface area (Å²) < 4.78 is 9.80. The molecule has 0 fully saturated rings. The molecule has 2 N–H and O–H groups in total. The number of nitro groups is 1. The molecule has 1 amide bonds. The Kier molecular flexibility index (Phi) is 5.88. The number of methoxy groups -OCH3 is 2. The molecule has 0 aliphatic rings. The van der Waals surface area contributed by atoms with E-state index in [9.17, 15) is 14.9 Å². The smallest absolute Gasteiger partial charge is 0.285 e. The van der Waals surface area contributed by atoms with E-state index >= 15 is 0 Å². The molecule has 20 heavy (non-hydrogen) atoms. The van der Waals surface area contributed by atoms with Crippen molar-refractivity contribution in [3.05, 3.63) is 33.9 Å². The molecule has 1 atom stereocenters. The monoisotopic (exact) mass is 284 g/mol. The van der Waals surface area contributed by atoms with E-state index in [2.05, 4.69) is 5.32 Å². The molecule has 0 heterocycles. The number of nitro benzene ring substituents is 1. The normalized spacial score (nSPS) is 11.8. The van der Waals surface area contributed by atoms with E-state index in [1.165, 1.54) is 32.4 Å². The second-order valence-corrected chi connectivity index (χ2v) is 3.92. The number of nitrogens with zero attached hydrogens (tertiary/aromatic N) is 1. The van der Waals surface area contributed by atoms with Gasteiger partial charge >= 0.3 is 0 Å². The topological polar surface area (TPSA) is 111 Å². The van der Waals surface area contributed by atoms with Gasteiger partial charge in [-0.05, 0) is 6.07 Å². The number of carbonyl (C=O) groups is 1. The molecule has 8 heteroatoms. The molecule has 0 aliphatic carbocycles. The molecule has 1 unspecified atom stereocenters. The first-order valence-electron chi connectivity index (χ1n) is 5.77. The predicted octanol–water partition coefficient (Wildman–Crippen LogP) is 0.340. The number of nitrogens with one attached hydrogen (secondary N) is 1. The van der Waals surface area contributed by atoms with Crippen molar-refractivity contribution in [1.82, 2.24) is 5.32 Å². The zero-order valence-corrected chi connectivity index (χ0v) is 11.2. The lowest BCUT2D eigenvalue weighted by Gasteiger charge is -2.16. The number of carbonyl (C=O) groups excluding carboxylic acids is 1. The van der Waals surface area contributed by atoms with Gasteiger partial charge in [-0.15, -0.1) is 0 Å². The van der Waals surface area contributed by atoms with Crippen molar-refractivity contribution in [2.45, 2.75) is 6.04 Å². The average Bonchev–Trinajstić information content (AvgIpc) is 2.45. The summed E-state index contributed by atoms with van der Waals surface area (Å²) in [5, 5.41) is 22.5. The first-order chi connectivity index (χ1) is 9.54. The van der Waals surface area contributed by atoms with E-state index < -0.39 is 16.9 Å². The summed E-state index contributed by atoms with van der Waals surface area (Å²) in [6.45, 7) is -0.256. The summed E-state index contributed by atoms with van der Waals surface area (Å²) >= 11 is 0. The Labute approximate surface area is 115 Å². The second kappa shape index (κ2) is 7.41. The maximum atomic E-state index is 12.1. The Morgan fingerprint density at radius 2 is 2.20 bits per heavy atom. The van der Waals surface area contributed by atoms with Crippen LogP contribution in [0.1, 0.15) is 10.4 Å². The maximum Gasteiger partial charge on any atom is 0.285 e. The molecule has 110 valence electrons. The highest BCUT2D eigenvalue weighted by Gasteiger charge is 2.26. The Morgan fingerprint density at radius 3 is 2.70 bits per heavy atom. The van der Waals surface area contributed by atoms with Crippen LogP contribution in [0.15, 0.2) is 18.2 Å². The number of hydrogen-bond acceptors (Lipinski definition) is 6. The number of amides is 1. The van der Waals surface area contributed by atoms with Crippen molar-refractivity contribution in [3.8, 4) is 5.75 Å². The Balaban J connectivity index is 3.10. The third kappa shape index (κ3) is 3.65. The zero-order valence-electron chi connectivity index (χ0n) is 11.2. The lowest BCUT2D eigenvalue weighted by Crippen LogP contribution is -2.40. The number of aliphatic hydroxyl groups excluding tert-OH is 1. The molecule has 1 aromatic rings. The zero-order chi connectivity index (χ0) is 15.1. The van der Waals surface area contributed by atoms with Gasteiger partial charge in [0.2, 0.25) is 0 Å². The maximum absolute atomic E-state index is 12.1. The third-order valence-electron chi connectivity index (χ3n) is 2.57. The van der Waals surface area contributed by atoms with Crippen LogP contribution in [0.4, 0.5) is 5.69 Å². The summed E-state index contributed by atoms with van der Waals surface area (Å²) in [6.07, 6.45) is 0. The van der Waals surface area contributed by atoms with Crippen molar-refractivity contribution in [3.63, 3.8) is 0 Å². The van der Waals surface area contributed by atoms with E-state index in [1.54, 1.807) is 0 Å². The highest BCUT2D eigenvalue weighted by Crippen LogP contribution is 2.27. The minimum absolute atomic E-state index is 0.0885. The molecule has 0 aliphatic heterocycles. The summed E-state index contributed by atoms with van der Waals surface area (Å²) in [5.41, 5.74) is -0.550. The Bertz CT molecular complexity index is 491. The first kappa shape index (κ1) is 15.9. The number of hydrogen-bond donors (Lipinski definition) is 2. The molecular formula is C12H16N2O6. The van der Waals surface area contributed by atoms with Gasteiger partial charge in [0.15, 0.2) is 5.56 Å². The predicted molar refractivity (Wildman–Crippen MR) is 69.9 cm³/mol. The van der Waals surface area contributed by atoms with Crippen LogP contribution in [-0.2, 0) is 4.74 Å². The molecule has 1 aromatic carbocycles. The highest BCUT2D eigenvalue weighted by atomic mass is 16.6. The fourth-order valence-corrected chi connectivity index (χ4v) is 1.67. The molecule has 0 radical (unpaired) electrons. The molecule has 0 saturated carbocycles. The highest BCUT2D eigenvalue weighted by molar-refractivity contribution is 6.01. The Hall–Kier alpha value is -2.19. The van der Waals surface area contributed by atoms with Gasteiger partial charge in [-0.25, -0.2) is 0 Å². The van der Waals surface area contributed by atoms with Crippen molar-refractivity contribution in [2.24, 2.45) is 0 Å². The second-order valence-electron chi connectivity index (χ2n) is 3.92. The molecule has 0 aromatic heterocycles. The van der Waals surface area contributed by atoms with E-state index in [-0.39, 0.29) is 30.2 Å². The molecular weight excluding hydrogens is 268 g/mol. The number of aliphatic hydroxyl groups is 1. The quantitative estimate of drug-likeness (QED) is 0.551. The summed E-state index contributed by atoms with van der Waals surface area (Å²) in [4.78, 5) is 22.4. The van der Waals surface area contributed by atoms with Gasteiger partial charge in [0.25, 0.3) is 11.6 Å². The largest absolute Gasteiger partial charge is 0.496 e. The van der Waals surface area contributed by atoms with E-state index in [4.69, 9.17) is 14.6 Å². The first-order valence-corrected chi connectivity index (χ1v) is 5.77. The molecule has 0 saturated heterocycles. The SMILES string of the molecule is COCC(CO)NC(=O)c1c(OC)cccc1[N+](=O)[O-]. The molecule has 0 bridgehead atoms. The average molecular weight is 284 g/mol. The minimum atomic E-state index is -0.703.